The van der Waals surface area contributed by atoms with Crippen LogP contribution in [0.2, 0.25) is 0 Å². The highest BCUT2D eigenvalue weighted by Crippen LogP contribution is 2.30. The van der Waals surface area contributed by atoms with Crippen molar-refractivity contribution in [3.8, 4) is 0 Å². The number of aryl methyl sites for hydroxylation is 1. The van der Waals surface area contributed by atoms with Crippen molar-refractivity contribution in [2.24, 2.45) is 0 Å². The molecular formula is C15H19IO2. The van der Waals surface area contributed by atoms with Gasteiger partial charge in [0.1, 0.15) is 0 Å². The molecule has 2 nitrogen and oxygen atoms in total. The van der Waals surface area contributed by atoms with Crippen molar-refractivity contribution >= 4 is 22.6 Å². The summed E-state index contributed by atoms with van der Waals surface area (Å²) in [6.07, 6.45) is 3.17. The highest BCUT2D eigenvalue weighted by Gasteiger charge is 2.29. The van der Waals surface area contributed by atoms with Gasteiger partial charge in [-0.3, -0.25) is 0 Å². The molecule has 98 valence electrons. The largest absolute Gasteiger partial charge is 0.353 e. The highest BCUT2D eigenvalue weighted by atomic mass is 127. The summed E-state index contributed by atoms with van der Waals surface area (Å²) in [5, 5.41) is 0. The molecule has 3 heteroatoms. The standard InChI is InChI=1S/C15H19IO2/c1-2-17-15-10-13(11-16)14(18-15)9-8-12-6-4-3-5-7-12/h3-7,11,14-15H,2,8-10H2,1H3/b13-11-. The lowest BCUT2D eigenvalue weighted by atomic mass is 10.0. The van der Waals surface area contributed by atoms with Crippen molar-refractivity contribution < 1.29 is 9.47 Å². The fourth-order valence-corrected chi connectivity index (χ4v) is 2.89. The number of benzene rings is 1. The van der Waals surface area contributed by atoms with E-state index >= 15 is 0 Å². The Labute approximate surface area is 123 Å². The van der Waals surface area contributed by atoms with Crippen molar-refractivity contribution in [1.29, 1.82) is 0 Å². The molecule has 2 rings (SSSR count). The zero-order valence-corrected chi connectivity index (χ0v) is 12.8. The Kier molecular flexibility index (Phi) is 5.66. The first-order chi connectivity index (χ1) is 8.83. The summed E-state index contributed by atoms with van der Waals surface area (Å²) < 4.78 is 13.6. The van der Waals surface area contributed by atoms with Crippen molar-refractivity contribution in [3.05, 3.63) is 45.6 Å². The third-order valence-corrected chi connectivity index (χ3v) is 3.96. The summed E-state index contributed by atoms with van der Waals surface area (Å²) in [6.45, 7) is 2.72. The number of rotatable bonds is 5. The first-order valence-corrected chi connectivity index (χ1v) is 7.68. The molecule has 1 saturated heterocycles. The van der Waals surface area contributed by atoms with Crippen LogP contribution in [0.5, 0.6) is 0 Å². The van der Waals surface area contributed by atoms with E-state index in [0.29, 0.717) is 6.61 Å². The highest BCUT2D eigenvalue weighted by molar-refractivity contribution is 14.1. The smallest absolute Gasteiger partial charge is 0.162 e. The summed E-state index contributed by atoms with van der Waals surface area (Å²) in [5.74, 6) is 0. The van der Waals surface area contributed by atoms with Gasteiger partial charge in [-0.05, 0) is 35.0 Å². The number of hydrogen-bond acceptors (Lipinski definition) is 2. The molecule has 1 aromatic rings. The van der Waals surface area contributed by atoms with Crippen LogP contribution in [0.1, 0.15) is 25.3 Å². The van der Waals surface area contributed by atoms with Gasteiger partial charge < -0.3 is 9.47 Å². The molecule has 0 radical (unpaired) electrons. The van der Waals surface area contributed by atoms with Crippen molar-refractivity contribution in [1.82, 2.24) is 0 Å². The minimum atomic E-state index is -0.0446. The number of hydrogen-bond donors (Lipinski definition) is 0. The van der Waals surface area contributed by atoms with E-state index < -0.39 is 0 Å². The summed E-state index contributed by atoms with van der Waals surface area (Å²) in [4.78, 5) is 0. The maximum absolute atomic E-state index is 5.93. The molecule has 1 fully saturated rings. The van der Waals surface area contributed by atoms with Crippen LogP contribution in [-0.4, -0.2) is 19.0 Å². The number of halogens is 1. The van der Waals surface area contributed by atoms with Gasteiger partial charge in [0, 0.05) is 13.0 Å². The minimum absolute atomic E-state index is 0.0446. The van der Waals surface area contributed by atoms with E-state index in [1.54, 1.807) is 0 Å². The second kappa shape index (κ2) is 7.26. The van der Waals surface area contributed by atoms with E-state index in [2.05, 4.69) is 57.0 Å². The molecule has 18 heavy (non-hydrogen) atoms. The van der Waals surface area contributed by atoms with E-state index in [9.17, 15) is 0 Å². The summed E-state index contributed by atoms with van der Waals surface area (Å²) in [6, 6.07) is 10.6. The maximum atomic E-state index is 5.93. The summed E-state index contributed by atoms with van der Waals surface area (Å²) >= 11 is 2.30. The molecule has 1 aliphatic heterocycles. The topological polar surface area (TPSA) is 18.5 Å². The van der Waals surface area contributed by atoms with Crippen molar-refractivity contribution in [3.63, 3.8) is 0 Å². The van der Waals surface area contributed by atoms with Gasteiger partial charge in [0.2, 0.25) is 0 Å². The van der Waals surface area contributed by atoms with E-state index in [-0.39, 0.29) is 12.4 Å². The van der Waals surface area contributed by atoms with Gasteiger partial charge in [-0.2, -0.15) is 0 Å². The van der Waals surface area contributed by atoms with Gasteiger partial charge in [-0.25, -0.2) is 0 Å². The van der Waals surface area contributed by atoms with E-state index in [1.807, 2.05) is 6.92 Å². The number of ether oxygens (including phenoxy) is 2. The van der Waals surface area contributed by atoms with Crippen LogP contribution in [0.4, 0.5) is 0 Å². The van der Waals surface area contributed by atoms with E-state index in [1.165, 1.54) is 11.1 Å². The molecule has 0 spiro atoms. The Hall–Kier alpha value is -0.390. The minimum Gasteiger partial charge on any atom is -0.353 e. The Morgan fingerprint density at radius 3 is 2.83 bits per heavy atom. The first-order valence-electron chi connectivity index (χ1n) is 6.43. The third-order valence-electron chi connectivity index (χ3n) is 3.16. The van der Waals surface area contributed by atoms with E-state index in [0.717, 1.165) is 19.3 Å². The van der Waals surface area contributed by atoms with E-state index in [4.69, 9.17) is 9.47 Å². The predicted octanol–water partition coefficient (Wildman–Crippen LogP) is 4.09. The third kappa shape index (κ3) is 3.80. The summed E-state index contributed by atoms with van der Waals surface area (Å²) in [5.41, 5.74) is 2.73. The van der Waals surface area contributed by atoms with Gasteiger partial charge in [0.15, 0.2) is 6.29 Å². The maximum Gasteiger partial charge on any atom is 0.162 e. The molecule has 0 amide bonds. The van der Waals surface area contributed by atoms with Crippen LogP contribution in [0, 0.1) is 0 Å². The lowest BCUT2D eigenvalue weighted by Crippen LogP contribution is -2.15. The zero-order valence-electron chi connectivity index (χ0n) is 10.6. The Morgan fingerprint density at radius 1 is 1.39 bits per heavy atom. The van der Waals surface area contributed by atoms with Crippen molar-refractivity contribution in [2.75, 3.05) is 6.61 Å². The monoisotopic (exact) mass is 358 g/mol. The first kappa shape index (κ1) is 14.0. The zero-order chi connectivity index (χ0) is 12.8. The molecule has 0 N–H and O–H groups in total. The molecule has 0 saturated carbocycles. The van der Waals surface area contributed by atoms with Gasteiger partial charge >= 0.3 is 0 Å². The molecule has 1 heterocycles. The Balaban J connectivity index is 1.88. The van der Waals surface area contributed by atoms with Crippen LogP contribution < -0.4 is 0 Å². The molecule has 0 bridgehead atoms. The molecule has 2 unspecified atom stereocenters. The molecule has 0 aromatic heterocycles. The van der Waals surface area contributed by atoms with Gasteiger partial charge in [-0.1, -0.05) is 52.9 Å². The lowest BCUT2D eigenvalue weighted by Gasteiger charge is -2.13. The normalized spacial score (nSPS) is 25.8. The van der Waals surface area contributed by atoms with Crippen LogP contribution >= 0.6 is 22.6 Å². The average Bonchev–Trinajstić information content (AvgIpc) is 2.80. The fraction of sp³-hybridized carbons (Fsp3) is 0.467. The predicted molar refractivity (Wildman–Crippen MR) is 81.8 cm³/mol. The quantitative estimate of drug-likeness (QED) is 0.739. The van der Waals surface area contributed by atoms with Crippen LogP contribution in [0.25, 0.3) is 0 Å². The Morgan fingerprint density at radius 2 is 2.17 bits per heavy atom. The molecule has 1 aliphatic rings. The van der Waals surface area contributed by atoms with Gasteiger partial charge in [-0.15, -0.1) is 0 Å². The molecule has 0 aliphatic carbocycles. The lowest BCUT2D eigenvalue weighted by molar-refractivity contribution is -0.130. The van der Waals surface area contributed by atoms with Gasteiger partial charge in [0.05, 0.1) is 6.10 Å². The van der Waals surface area contributed by atoms with Crippen molar-refractivity contribution in [2.45, 2.75) is 38.6 Å². The molecular weight excluding hydrogens is 339 g/mol. The molecule has 1 aromatic carbocycles. The molecule has 2 atom stereocenters. The fourth-order valence-electron chi connectivity index (χ4n) is 2.24. The second-order valence-electron chi connectivity index (χ2n) is 4.42. The van der Waals surface area contributed by atoms with Crippen LogP contribution in [-0.2, 0) is 15.9 Å². The van der Waals surface area contributed by atoms with Crippen LogP contribution in [0.15, 0.2) is 40.0 Å². The summed E-state index contributed by atoms with van der Waals surface area (Å²) in [7, 11) is 0. The second-order valence-corrected chi connectivity index (χ2v) is 5.04. The SMILES string of the molecule is CCOC1C/C(=C/I)C(CCc2ccccc2)O1. The Bertz CT molecular complexity index is 389. The van der Waals surface area contributed by atoms with Gasteiger partial charge in [0.25, 0.3) is 0 Å². The van der Waals surface area contributed by atoms with Crippen LogP contribution in [0.3, 0.4) is 0 Å². The average molecular weight is 358 g/mol.